The normalized spacial score (nSPS) is 10.8. The molecule has 0 radical (unpaired) electrons. The summed E-state index contributed by atoms with van der Waals surface area (Å²) in [6.45, 7) is 4.40. The number of nitriles is 1. The Morgan fingerprint density at radius 2 is 2.00 bits per heavy atom. The van der Waals surface area contributed by atoms with Gasteiger partial charge in [0, 0.05) is 23.1 Å². The number of carbonyl (C=O) groups excluding carboxylic acids is 1. The number of aliphatic hydroxyl groups is 1. The lowest BCUT2D eigenvalue weighted by Gasteiger charge is -2.25. The summed E-state index contributed by atoms with van der Waals surface area (Å²) in [7, 11) is 0. The fraction of sp³-hybridized carbons (Fsp3) is 0.400. The van der Waals surface area contributed by atoms with Crippen molar-refractivity contribution in [1.82, 2.24) is 0 Å². The minimum absolute atomic E-state index is 0.0425. The maximum absolute atomic E-state index is 12.2. The molecule has 0 aliphatic carbocycles. The lowest BCUT2D eigenvalue weighted by atomic mass is 10.0. The van der Waals surface area contributed by atoms with Gasteiger partial charge in [-0.2, -0.15) is 10.2 Å². The van der Waals surface area contributed by atoms with Crippen LogP contribution in [0.4, 0.5) is 15.3 Å². The van der Waals surface area contributed by atoms with Gasteiger partial charge in [0.05, 0.1) is 5.69 Å². The fourth-order valence-electron chi connectivity index (χ4n) is 1.89. The van der Waals surface area contributed by atoms with Gasteiger partial charge >= 0.3 is 12.2 Å². The molecule has 24 heavy (non-hydrogen) atoms. The third-order valence-electron chi connectivity index (χ3n) is 2.81. The summed E-state index contributed by atoms with van der Waals surface area (Å²) in [6.07, 6.45) is -2.82. The molecule has 0 saturated carbocycles. The van der Waals surface area contributed by atoms with E-state index < -0.39 is 29.1 Å². The van der Waals surface area contributed by atoms with Gasteiger partial charge in [-0.25, -0.2) is 9.59 Å². The van der Waals surface area contributed by atoms with E-state index in [1.807, 2.05) is 0 Å². The number of phenols is 1. The maximum atomic E-state index is 12.2. The van der Waals surface area contributed by atoms with Crippen LogP contribution in [0.3, 0.4) is 0 Å². The number of imide groups is 1. The molecular weight excluding hydrogens is 384 g/mol. The summed E-state index contributed by atoms with van der Waals surface area (Å²) < 4.78 is 5.28. The van der Waals surface area contributed by atoms with Gasteiger partial charge in [-0.3, -0.25) is 0 Å². The third-order valence-corrected chi connectivity index (χ3v) is 3.52. The zero-order valence-electron chi connectivity index (χ0n) is 13.3. The number of hydrogen-bond donors (Lipinski definition) is 3. The Bertz CT molecular complexity index is 705. The lowest BCUT2D eigenvalue weighted by molar-refractivity contribution is 0.0582. The van der Waals surface area contributed by atoms with Crippen LogP contribution in [0.5, 0.6) is 5.75 Å². The number of amides is 2. The summed E-state index contributed by atoms with van der Waals surface area (Å²) in [5.74, 6) is -0.509. The molecule has 0 fully saturated rings. The topological polar surface area (TPSA) is 131 Å². The predicted molar refractivity (Wildman–Crippen MR) is 88.0 cm³/mol. The van der Waals surface area contributed by atoms with Crippen LogP contribution >= 0.6 is 15.9 Å². The molecular formula is C15H17BrN2O6. The number of benzene rings is 1. The molecule has 0 aromatic heterocycles. The van der Waals surface area contributed by atoms with Crippen LogP contribution < -0.4 is 4.90 Å². The maximum Gasteiger partial charge on any atom is 0.424 e. The number of aromatic hydroxyl groups is 1. The molecule has 1 rings (SSSR count). The van der Waals surface area contributed by atoms with Crippen LogP contribution in [0.2, 0.25) is 0 Å². The zero-order chi connectivity index (χ0) is 18.7. The molecule has 0 aliphatic rings. The van der Waals surface area contributed by atoms with Crippen molar-refractivity contribution in [3.63, 3.8) is 0 Å². The average Bonchev–Trinajstić information content (AvgIpc) is 2.41. The Labute approximate surface area is 147 Å². The molecule has 1 aromatic rings. The fourth-order valence-corrected chi connectivity index (χ4v) is 2.49. The van der Waals surface area contributed by atoms with Crippen LogP contribution in [0.25, 0.3) is 0 Å². The number of ether oxygens (including phenoxy) is 1. The van der Waals surface area contributed by atoms with E-state index in [1.165, 1.54) is 6.07 Å². The highest BCUT2D eigenvalue weighted by Crippen LogP contribution is 2.38. The van der Waals surface area contributed by atoms with Crippen molar-refractivity contribution in [2.45, 2.75) is 32.8 Å². The van der Waals surface area contributed by atoms with Gasteiger partial charge in [0.2, 0.25) is 0 Å². The Balaban J connectivity index is 3.53. The summed E-state index contributed by atoms with van der Waals surface area (Å²) in [4.78, 5) is 23.9. The van der Waals surface area contributed by atoms with Crippen molar-refractivity contribution in [2.75, 3.05) is 11.5 Å². The van der Waals surface area contributed by atoms with E-state index in [1.54, 1.807) is 26.8 Å². The molecule has 8 nitrogen and oxygen atoms in total. The molecule has 0 heterocycles. The van der Waals surface area contributed by atoms with Crippen LogP contribution in [0, 0.1) is 11.3 Å². The number of hydrogen-bond acceptors (Lipinski definition) is 6. The Morgan fingerprint density at radius 1 is 1.42 bits per heavy atom. The van der Waals surface area contributed by atoms with Gasteiger partial charge < -0.3 is 20.1 Å². The zero-order valence-corrected chi connectivity index (χ0v) is 14.9. The smallest absolute Gasteiger partial charge is 0.424 e. The minimum atomic E-state index is -1.66. The minimum Gasteiger partial charge on any atom is -0.506 e. The molecule has 0 saturated heterocycles. The monoisotopic (exact) mass is 400 g/mol. The quantitative estimate of drug-likeness (QED) is 0.710. The van der Waals surface area contributed by atoms with E-state index in [0.29, 0.717) is 0 Å². The van der Waals surface area contributed by atoms with Crippen LogP contribution in [-0.4, -0.2) is 39.7 Å². The molecule has 1 aromatic carbocycles. The molecule has 130 valence electrons. The first kappa shape index (κ1) is 19.7. The van der Waals surface area contributed by atoms with Crippen molar-refractivity contribution in [3.05, 3.63) is 21.7 Å². The van der Waals surface area contributed by atoms with Gasteiger partial charge in [0.25, 0.3) is 0 Å². The summed E-state index contributed by atoms with van der Waals surface area (Å²) in [5.41, 5.74) is -1.47. The average molecular weight is 401 g/mol. The van der Waals surface area contributed by atoms with E-state index in [0.717, 1.165) is 0 Å². The molecule has 0 aliphatic heterocycles. The molecule has 0 unspecified atom stereocenters. The molecule has 2 amide bonds. The SMILES string of the molecule is CC(C)(C)OC(=O)N(C(=O)O)c1cc(Br)c(CCO)c(O)c1C#N. The second-order valence-corrected chi connectivity index (χ2v) is 6.62. The second kappa shape index (κ2) is 7.51. The van der Waals surface area contributed by atoms with Crippen molar-refractivity contribution in [3.8, 4) is 11.8 Å². The largest absolute Gasteiger partial charge is 0.506 e. The standard InChI is InChI=1S/C15H17BrN2O6/c1-15(2,3)24-14(23)18(13(21)22)11-6-10(16)8(4-5-19)12(20)9(11)7-17/h6,19-20H,4-5H2,1-3H3,(H,21,22). The van der Waals surface area contributed by atoms with Crippen molar-refractivity contribution in [2.24, 2.45) is 0 Å². The van der Waals surface area contributed by atoms with E-state index in [9.17, 15) is 25.1 Å². The first-order valence-corrected chi connectivity index (χ1v) is 7.64. The van der Waals surface area contributed by atoms with E-state index in [-0.39, 0.29) is 33.7 Å². The predicted octanol–water partition coefficient (Wildman–Crippen LogP) is 2.98. The van der Waals surface area contributed by atoms with Crippen molar-refractivity contribution < 1.29 is 29.6 Å². The highest BCUT2D eigenvalue weighted by molar-refractivity contribution is 9.10. The highest BCUT2D eigenvalue weighted by Gasteiger charge is 2.32. The number of anilines is 1. The summed E-state index contributed by atoms with van der Waals surface area (Å²) in [5, 5.41) is 37.8. The van der Waals surface area contributed by atoms with E-state index in [2.05, 4.69) is 15.9 Å². The van der Waals surface area contributed by atoms with Gasteiger partial charge in [0.15, 0.2) is 0 Å². The number of nitrogens with zero attached hydrogens (tertiary/aromatic N) is 2. The lowest BCUT2D eigenvalue weighted by Crippen LogP contribution is -2.40. The van der Waals surface area contributed by atoms with Gasteiger partial charge in [-0.1, -0.05) is 15.9 Å². The van der Waals surface area contributed by atoms with E-state index in [4.69, 9.17) is 9.84 Å². The summed E-state index contributed by atoms with van der Waals surface area (Å²) in [6, 6.07) is 2.89. The molecule has 0 spiro atoms. The molecule has 0 atom stereocenters. The first-order chi connectivity index (χ1) is 11.0. The third kappa shape index (κ3) is 4.37. The second-order valence-electron chi connectivity index (χ2n) is 5.76. The van der Waals surface area contributed by atoms with Gasteiger partial charge in [-0.15, -0.1) is 0 Å². The van der Waals surface area contributed by atoms with Crippen LogP contribution in [-0.2, 0) is 11.2 Å². The number of aliphatic hydroxyl groups excluding tert-OH is 1. The van der Waals surface area contributed by atoms with Crippen LogP contribution in [0.15, 0.2) is 10.5 Å². The van der Waals surface area contributed by atoms with Gasteiger partial charge in [0.1, 0.15) is 23.0 Å². The number of phenolic OH excluding ortho intramolecular Hbond substituents is 1. The number of rotatable bonds is 3. The molecule has 9 heteroatoms. The summed E-state index contributed by atoms with van der Waals surface area (Å²) >= 11 is 3.14. The Kier molecular flexibility index (Phi) is 6.17. The Morgan fingerprint density at radius 3 is 2.42 bits per heavy atom. The Hall–Kier alpha value is -2.31. The number of carbonyl (C=O) groups is 2. The van der Waals surface area contributed by atoms with Crippen LogP contribution in [0.1, 0.15) is 31.9 Å². The number of carboxylic acid groups (broad SMARTS) is 1. The molecule has 0 bridgehead atoms. The van der Waals surface area contributed by atoms with Crippen molar-refractivity contribution >= 4 is 33.8 Å². The van der Waals surface area contributed by atoms with Gasteiger partial charge in [-0.05, 0) is 26.8 Å². The van der Waals surface area contributed by atoms with E-state index >= 15 is 0 Å². The highest BCUT2D eigenvalue weighted by atomic mass is 79.9. The molecule has 3 N–H and O–H groups in total. The first-order valence-electron chi connectivity index (χ1n) is 6.84. The van der Waals surface area contributed by atoms with Crippen molar-refractivity contribution in [1.29, 1.82) is 5.26 Å². The number of halogens is 1.